The zero-order chi connectivity index (χ0) is 26.5. The molecule has 3 amide bonds. The molecule has 7 heteroatoms. The fourth-order valence-corrected chi connectivity index (χ4v) is 7.46. The molecule has 2 aromatic rings. The van der Waals surface area contributed by atoms with Crippen molar-refractivity contribution in [3.05, 3.63) is 65.2 Å². The Morgan fingerprint density at radius 2 is 1.55 bits per heavy atom. The predicted molar refractivity (Wildman–Crippen MR) is 140 cm³/mol. The van der Waals surface area contributed by atoms with E-state index in [9.17, 15) is 19.2 Å². The highest BCUT2D eigenvalue weighted by molar-refractivity contribution is 6.23. The molecule has 0 radical (unpaired) electrons. The van der Waals surface area contributed by atoms with Crippen LogP contribution >= 0.6 is 0 Å². The van der Waals surface area contributed by atoms with Crippen molar-refractivity contribution in [1.82, 2.24) is 0 Å². The van der Waals surface area contributed by atoms with Crippen molar-refractivity contribution in [2.75, 3.05) is 16.3 Å². The first kappa shape index (κ1) is 23.4. The third-order valence-corrected chi connectivity index (χ3v) is 9.62. The summed E-state index contributed by atoms with van der Waals surface area (Å²) in [6.07, 6.45) is 5.56. The van der Waals surface area contributed by atoms with Gasteiger partial charge in [0, 0.05) is 18.7 Å². The Bertz CT molecular complexity index is 1420. The van der Waals surface area contributed by atoms with E-state index in [0.29, 0.717) is 28.8 Å². The quantitative estimate of drug-likeness (QED) is 0.267. The van der Waals surface area contributed by atoms with Gasteiger partial charge in [-0.3, -0.25) is 19.2 Å². The Morgan fingerprint density at radius 3 is 2.21 bits per heavy atom. The number of amides is 3. The van der Waals surface area contributed by atoms with Gasteiger partial charge in [0.25, 0.3) is 0 Å². The standard InChI is InChI=1S/C31H30N2O5/c1-15-5-4-6-25(17(15)3)32-14-18(12-26(32)34)31(37)38-19-7-10-24(16(2)11-19)33-29(35)27-20-8-9-21(23-13-22(20)23)28(27)30(33)36/h4-11,18,20-23,27-28H,12-14H2,1-3H3/t18-,20+,21+,22+,23+,27-,28+/m1/s1. The smallest absolute Gasteiger partial charge is 0.316 e. The van der Waals surface area contributed by atoms with E-state index in [0.717, 1.165) is 23.2 Å². The topological polar surface area (TPSA) is 84.0 Å². The molecule has 0 spiro atoms. The minimum Gasteiger partial charge on any atom is -0.426 e. The number of carbonyl (C=O) groups excluding carboxylic acids is 4. The Kier molecular flexibility index (Phi) is 5.00. The summed E-state index contributed by atoms with van der Waals surface area (Å²) in [6, 6.07) is 10.8. The lowest BCUT2D eigenvalue weighted by atomic mass is 9.63. The van der Waals surface area contributed by atoms with Crippen molar-refractivity contribution in [3.63, 3.8) is 0 Å². The van der Waals surface area contributed by atoms with Crippen LogP contribution in [0.3, 0.4) is 0 Å². The molecule has 2 saturated carbocycles. The number of carbonyl (C=O) groups is 4. The van der Waals surface area contributed by atoms with Crippen LogP contribution in [0.4, 0.5) is 11.4 Å². The van der Waals surface area contributed by atoms with Gasteiger partial charge >= 0.3 is 5.97 Å². The zero-order valence-electron chi connectivity index (χ0n) is 21.7. The highest BCUT2D eigenvalue weighted by Gasteiger charge is 2.67. The highest BCUT2D eigenvalue weighted by Crippen LogP contribution is 2.65. The van der Waals surface area contributed by atoms with E-state index >= 15 is 0 Å². The van der Waals surface area contributed by atoms with Gasteiger partial charge in [-0.1, -0.05) is 24.3 Å². The monoisotopic (exact) mass is 510 g/mol. The second kappa shape index (κ2) is 8.13. The Balaban J connectivity index is 1.07. The highest BCUT2D eigenvalue weighted by atomic mass is 16.5. The van der Waals surface area contributed by atoms with Gasteiger partial charge in [-0.15, -0.1) is 0 Å². The fraction of sp³-hybridized carbons (Fsp3) is 0.419. The summed E-state index contributed by atoms with van der Waals surface area (Å²) in [5, 5.41) is 0. The lowest BCUT2D eigenvalue weighted by molar-refractivity contribution is -0.139. The van der Waals surface area contributed by atoms with Crippen LogP contribution in [0.1, 0.15) is 29.5 Å². The largest absolute Gasteiger partial charge is 0.426 e. The Morgan fingerprint density at radius 1 is 0.868 bits per heavy atom. The van der Waals surface area contributed by atoms with Crippen molar-refractivity contribution in [3.8, 4) is 5.75 Å². The SMILES string of the molecule is Cc1cc(OC(=O)[C@@H]2CC(=O)N(c3cccc(C)c3C)C2)ccc1N1C(=O)[C@@H]2[C@H]3C=C[C@@H]([C@@H]4C[C@@H]34)[C@@H]2C1=O. The van der Waals surface area contributed by atoms with Crippen LogP contribution in [-0.4, -0.2) is 30.2 Å². The van der Waals surface area contributed by atoms with Gasteiger partial charge in [0.05, 0.1) is 23.4 Å². The molecule has 8 rings (SSSR count). The van der Waals surface area contributed by atoms with E-state index in [2.05, 4.69) is 12.2 Å². The molecule has 0 aromatic heterocycles. The van der Waals surface area contributed by atoms with E-state index in [-0.39, 0.29) is 54.4 Å². The lowest BCUT2D eigenvalue weighted by Gasteiger charge is -2.37. The van der Waals surface area contributed by atoms with Crippen molar-refractivity contribution >= 4 is 35.1 Å². The van der Waals surface area contributed by atoms with Crippen LogP contribution in [-0.2, 0) is 19.2 Å². The second-order valence-electron chi connectivity index (χ2n) is 11.7. The normalized spacial score (nSPS) is 32.6. The number of hydrogen-bond acceptors (Lipinski definition) is 5. The maximum absolute atomic E-state index is 13.5. The van der Waals surface area contributed by atoms with Gasteiger partial charge in [-0.05, 0) is 91.8 Å². The number of ether oxygens (including phenoxy) is 1. The molecule has 0 N–H and O–H groups in total. The van der Waals surface area contributed by atoms with Crippen LogP contribution in [0.25, 0.3) is 0 Å². The number of allylic oxidation sites excluding steroid dienone is 2. The molecule has 2 heterocycles. The molecule has 6 aliphatic rings. The van der Waals surface area contributed by atoms with Gasteiger partial charge in [-0.25, -0.2) is 4.90 Å². The fourth-order valence-electron chi connectivity index (χ4n) is 7.46. The summed E-state index contributed by atoms with van der Waals surface area (Å²) >= 11 is 0. The number of rotatable bonds is 4. The van der Waals surface area contributed by atoms with Crippen LogP contribution in [0.15, 0.2) is 48.6 Å². The number of esters is 1. The molecule has 2 aromatic carbocycles. The summed E-state index contributed by atoms with van der Waals surface area (Å²) in [6.45, 7) is 6.07. The minimum absolute atomic E-state index is 0.0965. The maximum Gasteiger partial charge on any atom is 0.316 e. The van der Waals surface area contributed by atoms with E-state index in [1.54, 1.807) is 23.1 Å². The number of aryl methyl sites for hydroxylation is 2. The number of anilines is 2. The van der Waals surface area contributed by atoms with Gasteiger partial charge in [0.1, 0.15) is 5.75 Å². The summed E-state index contributed by atoms with van der Waals surface area (Å²) in [5.41, 5.74) is 4.19. The van der Waals surface area contributed by atoms with E-state index in [4.69, 9.17) is 4.74 Å². The van der Waals surface area contributed by atoms with Crippen LogP contribution in [0, 0.1) is 62.2 Å². The molecule has 4 aliphatic carbocycles. The van der Waals surface area contributed by atoms with Gasteiger partial charge < -0.3 is 9.64 Å². The summed E-state index contributed by atoms with van der Waals surface area (Å²) < 4.78 is 5.68. The first-order chi connectivity index (χ1) is 18.2. The van der Waals surface area contributed by atoms with Crippen molar-refractivity contribution in [2.45, 2.75) is 33.6 Å². The van der Waals surface area contributed by atoms with Crippen molar-refractivity contribution in [1.29, 1.82) is 0 Å². The van der Waals surface area contributed by atoms with Crippen molar-refractivity contribution in [2.24, 2.45) is 41.4 Å². The van der Waals surface area contributed by atoms with Gasteiger partial charge in [0.15, 0.2) is 0 Å². The van der Waals surface area contributed by atoms with E-state index < -0.39 is 11.9 Å². The minimum atomic E-state index is -0.568. The summed E-state index contributed by atoms with van der Waals surface area (Å²) in [7, 11) is 0. The van der Waals surface area contributed by atoms with Crippen LogP contribution in [0.2, 0.25) is 0 Å². The maximum atomic E-state index is 13.5. The first-order valence-electron chi connectivity index (χ1n) is 13.5. The molecule has 2 saturated heterocycles. The number of benzene rings is 2. The molecule has 7 atom stereocenters. The van der Waals surface area contributed by atoms with Gasteiger partial charge in [0.2, 0.25) is 17.7 Å². The predicted octanol–water partition coefficient (Wildman–Crippen LogP) is 4.13. The summed E-state index contributed by atoms with van der Waals surface area (Å²) in [4.78, 5) is 55.7. The van der Waals surface area contributed by atoms with Crippen LogP contribution in [0.5, 0.6) is 5.75 Å². The average molecular weight is 511 g/mol. The number of imide groups is 1. The third kappa shape index (κ3) is 3.27. The molecule has 38 heavy (non-hydrogen) atoms. The molecule has 2 bridgehead atoms. The molecule has 0 unspecified atom stereocenters. The Hall–Kier alpha value is -3.74. The van der Waals surface area contributed by atoms with Crippen LogP contribution < -0.4 is 14.5 Å². The zero-order valence-corrected chi connectivity index (χ0v) is 21.7. The molecule has 194 valence electrons. The molecular weight excluding hydrogens is 480 g/mol. The third-order valence-electron chi connectivity index (χ3n) is 9.62. The number of nitrogens with zero attached hydrogens (tertiary/aromatic N) is 2. The summed E-state index contributed by atoms with van der Waals surface area (Å²) in [5.74, 6) is -0.0322. The Labute approximate surface area is 221 Å². The van der Waals surface area contributed by atoms with E-state index in [1.807, 2.05) is 39.0 Å². The van der Waals surface area contributed by atoms with E-state index in [1.165, 1.54) is 4.90 Å². The first-order valence-corrected chi connectivity index (χ1v) is 13.5. The average Bonchev–Trinajstić information content (AvgIpc) is 3.57. The second-order valence-corrected chi connectivity index (χ2v) is 11.7. The molecule has 4 fully saturated rings. The molecule has 7 nitrogen and oxygen atoms in total. The lowest BCUT2D eigenvalue weighted by Crippen LogP contribution is -2.40. The molecule has 2 aliphatic heterocycles. The number of hydrogen-bond donors (Lipinski definition) is 0. The molecular formula is C31H30N2O5. The van der Waals surface area contributed by atoms with Crippen molar-refractivity contribution < 1.29 is 23.9 Å². The van der Waals surface area contributed by atoms with Gasteiger partial charge in [-0.2, -0.15) is 0 Å².